The standard InChI is InChI=1S/2C14H26B2O6S/c1-15-13-3-9(17)11(21-13)5-18-7-20-10-4-14(16-2)22-12(10)6-19-8-23;1-15-13-3-9(11(5-17)21-13)19-7-18-6-12-10(20-8-23)4-14(16-2)22-12/h2*9-14,17,23H,3-8H2,1-2H3/t2*9?,10?,11-,12-,13-,14-/m11/s1. The summed E-state index contributed by atoms with van der Waals surface area (Å²) in [4.78, 5) is 0. The smallest absolute Gasteiger partial charge is 0.147 e. The number of ether oxygens (including phenoxy) is 10. The van der Waals surface area contributed by atoms with Gasteiger partial charge in [-0.2, -0.15) is 25.3 Å². The van der Waals surface area contributed by atoms with Crippen molar-refractivity contribution in [1.82, 2.24) is 0 Å². The average Bonchev–Trinajstić information content (AvgIpc) is 3.85. The van der Waals surface area contributed by atoms with Crippen molar-refractivity contribution >= 4 is 54.4 Å². The van der Waals surface area contributed by atoms with Gasteiger partial charge in [-0.25, -0.2) is 0 Å². The molecule has 0 saturated carbocycles. The first-order chi connectivity index (χ1) is 22.4. The molecular formula is C28H52B4O12S2. The van der Waals surface area contributed by atoms with Crippen LogP contribution in [0.25, 0.3) is 0 Å². The third-order valence-corrected chi connectivity index (χ3v) is 8.90. The Morgan fingerprint density at radius 1 is 0.565 bits per heavy atom. The molecule has 18 heteroatoms. The fourth-order valence-electron chi connectivity index (χ4n) is 5.86. The van der Waals surface area contributed by atoms with Crippen LogP contribution in [0.2, 0.25) is 27.3 Å². The molecule has 4 aliphatic heterocycles. The van der Waals surface area contributed by atoms with Crippen LogP contribution in [0.5, 0.6) is 0 Å². The van der Waals surface area contributed by atoms with E-state index >= 15 is 0 Å². The maximum atomic E-state index is 9.89. The largest absolute Gasteiger partial charge is 0.394 e. The summed E-state index contributed by atoms with van der Waals surface area (Å²) in [5, 5.41) is 19.2. The molecule has 0 spiro atoms. The van der Waals surface area contributed by atoms with Crippen molar-refractivity contribution < 1.29 is 57.6 Å². The van der Waals surface area contributed by atoms with Gasteiger partial charge in [-0.1, -0.05) is 27.3 Å². The molecule has 4 unspecified atom stereocenters. The van der Waals surface area contributed by atoms with Gasteiger partial charge in [0.1, 0.15) is 67.1 Å². The fourth-order valence-corrected chi connectivity index (χ4v) is 6.16. The summed E-state index contributed by atoms with van der Waals surface area (Å²) >= 11 is 8.14. The summed E-state index contributed by atoms with van der Waals surface area (Å²) in [6.45, 7) is 9.25. The minimum absolute atomic E-state index is 0.00589. The van der Waals surface area contributed by atoms with Crippen LogP contribution in [-0.2, 0) is 47.4 Å². The summed E-state index contributed by atoms with van der Waals surface area (Å²) in [6, 6.07) is 0.210. The third kappa shape index (κ3) is 13.3. The molecule has 0 aromatic heterocycles. The predicted molar refractivity (Wildman–Crippen MR) is 183 cm³/mol. The molecule has 0 aromatic carbocycles. The Balaban J connectivity index is 0.000000250. The lowest BCUT2D eigenvalue weighted by molar-refractivity contribution is -0.137. The summed E-state index contributed by atoms with van der Waals surface area (Å²) in [5.41, 5.74) is 0. The van der Waals surface area contributed by atoms with Crippen LogP contribution in [0.3, 0.4) is 0 Å². The number of hydrogen-bond donors (Lipinski definition) is 4. The first-order valence-corrected chi connectivity index (χ1v) is 17.5. The minimum atomic E-state index is -0.485. The maximum Gasteiger partial charge on any atom is 0.147 e. The molecule has 0 bridgehead atoms. The van der Waals surface area contributed by atoms with Gasteiger partial charge in [0.15, 0.2) is 0 Å². The quantitative estimate of drug-likeness (QED) is 0.0622. The molecule has 0 aliphatic carbocycles. The highest BCUT2D eigenvalue weighted by Crippen LogP contribution is 2.26. The van der Waals surface area contributed by atoms with Gasteiger partial charge in [0.05, 0.1) is 62.7 Å². The van der Waals surface area contributed by atoms with E-state index in [1.165, 1.54) is 0 Å². The second-order valence-corrected chi connectivity index (χ2v) is 12.1. The van der Waals surface area contributed by atoms with Crippen LogP contribution in [-0.4, -0.2) is 164 Å². The van der Waals surface area contributed by atoms with E-state index in [-0.39, 0.29) is 86.9 Å². The van der Waals surface area contributed by atoms with Crippen LogP contribution in [0.4, 0.5) is 0 Å². The Labute approximate surface area is 289 Å². The molecular weight excluding hydrogens is 636 g/mol. The lowest BCUT2D eigenvalue weighted by Gasteiger charge is -2.20. The summed E-state index contributed by atoms with van der Waals surface area (Å²) in [7, 11) is 7.96. The van der Waals surface area contributed by atoms with E-state index in [4.69, 9.17) is 47.4 Å². The highest BCUT2D eigenvalue weighted by molar-refractivity contribution is 7.80. The van der Waals surface area contributed by atoms with Gasteiger partial charge in [-0.15, -0.1) is 0 Å². The Morgan fingerprint density at radius 3 is 1.43 bits per heavy atom. The van der Waals surface area contributed by atoms with E-state index in [2.05, 4.69) is 25.3 Å². The van der Waals surface area contributed by atoms with Crippen LogP contribution < -0.4 is 0 Å². The fraction of sp³-hybridized carbons (Fsp3) is 1.00. The van der Waals surface area contributed by atoms with Crippen molar-refractivity contribution in [3.05, 3.63) is 0 Å². The van der Waals surface area contributed by atoms with Crippen molar-refractivity contribution in [2.24, 2.45) is 0 Å². The van der Waals surface area contributed by atoms with E-state index in [1.54, 1.807) is 0 Å². The first-order valence-electron chi connectivity index (χ1n) is 16.3. The topological polar surface area (TPSA) is 133 Å². The monoisotopic (exact) mass is 688 g/mol. The zero-order valence-electron chi connectivity index (χ0n) is 27.6. The SMILES string of the molecule is C[B][C@H]1CC(O)[C@@H](COCOC2C[C@H]([B]C)O[C@@H]2COCS)O1.C[B][C@H]1CC(OCOC[C@H]2O[C@@H]([B]C)CC2OCS)[C@@H](CO)O1. The Kier molecular flexibility index (Phi) is 20.5. The summed E-state index contributed by atoms with van der Waals surface area (Å²) in [5.74, 6) is 0.722. The molecule has 4 fully saturated rings. The third-order valence-electron chi connectivity index (χ3n) is 8.56. The maximum absolute atomic E-state index is 9.89. The molecule has 4 radical (unpaired) electrons. The number of aliphatic hydroxyl groups excluding tert-OH is 2. The molecule has 260 valence electrons. The van der Waals surface area contributed by atoms with Crippen LogP contribution >= 0.6 is 25.3 Å². The summed E-state index contributed by atoms with van der Waals surface area (Å²) in [6.07, 6.45) is 1.46. The van der Waals surface area contributed by atoms with Gasteiger partial charge in [0.2, 0.25) is 0 Å². The number of aliphatic hydroxyl groups is 2. The zero-order chi connectivity index (χ0) is 33.3. The van der Waals surface area contributed by atoms with Gasteiger partial charge < -0.3 is 57.6 Å². The lowest BCUT2D eigenvalue weighted by atomic mass is 9.73. The lowest BCUT2D eigenvalue weighted by Crippen LogP contribution is -2.32. The summed E-state index contributed by atoms with van der Waals surface area (Å²) < 4.78 is 56.5. The molecule has 12 nitrogen and oxygen atoms in total. The Hall–Kier alpha value is 0.480. The van der Waals surface area contributed by atoms with E-state index < -0.39 is 6.10 Å². The van der Waals surface area contributed by atoms with E-state index in [9.17, 15) is 10.2 Å². The second kappa shape index (κ2) is 23.0. The molecule has 0 aromatic rings. The molecule has 4 aliphatic rings. The van der Waals surface area contributed by atoms with Crippen molar-refractivity contribution in [3.8, 4) is 0 Å². The number of rotatable bonds is 20. The van der Waals surface area contributed by atoms with E-state index in [1.807, 2.05) is 56.4 Å². The Morgan fingerprint density at radius 2 is 0.978 bits per heavy atom. The van der Waals surface area contributed by atoms with Crippen molar-refractivity contribution in [2.45, 2.75) is 126 Å². The van der Waals surface area contributed by atoms with Gasteiger partial charge in [0.25, 0.3) is 0 Å². The highest BCUT2D eigenvalue weighted by atomic mass is 32.1. The molecule has 0 amide bonds. The van der Waals surface area contributed by atoms with Crippen LogP contribution in [0.1, 0.15) is 25.7 Å². The van der Waals surface area contributed by atoms with Crippen molar-refractivity contribution in [3.63, 3.8) is 0 Å². The highest BCUT2D eigenvalue weighted by Gasteiger charge is 2.38. The van der Waals surface area contributed by atoms with E-state index in [0.29, 0.717) is 38.1 Å². The Bertz CT molecular complexity index is 805. The molecule has 4 rings (SSSR count). The molecule has 4 heterocycles. The molecule has 12 atom stereocenters. The van der Waals surface area contributed by atoms with Gasteiger partial charge in [-0.05, 0) is 25.7 Å². The van der Waals surface area contributed by atoms with Gasteiger partial charge in [0, 0.05) is 24.0 Å². The molecule has 4 saturated heterocycles. The average molecular weight is 688 g/mol. The van der Waals surface area contributed by atoms with Gasteiger partial charge in [-0.3, -0.25) is 0 Å². The second-order valence-electron chi connectivity index (χ2n) is 11.6. The molecule has 2 N–H and O–H groups in total. The predicted octanol–water partition coefficient (Wildman–Crippen LogP) is 0.690. The zero-order valence-corrected chi connectivity index (χ0v) is 29.4. The number of hydrogen-bond acceptors (Lipinski definition) is 14. The normalized spacial score (nSPS) is 37.2. The van der Waals surface area contributed by atoms with Crippen molar-refractivity contribution in [1.29, 1.82) is 0 Å². The van der Waals surface area contributed by atoms with Crippen LogP contribution in [0.15, 0.2) is 0 Å². The number of thiol groups is 2. The van der Waals surface area contributed by atoms with Crippen molar-refractivity contribution in [2.75, 3.05) is 51.9 Å². The molecule has 46 heavy (non-hydrogen) atoms. The van der Waals surface area contributed by atoms with E-state index in [0.717, 1.165) is 19.3 Å². The van der Waals surface area contributed by atoms with Crippen LogP contribution in [0, 0.1) is 0 Å². The first kappa shape index (κ1) is 40.9. The van der Waals surface area contributed by atoms with Gasteiger partial charge >= 0.3 is 0 Å². The minimum Gasteiger partial charge on any atom is -0.394 e.